The van der Waals surface area contributed by atoms with E-state index in [2.05, 4.69) is 71.2 Å². The van der Waals surface area contributed by atoms with Gasteiger partial charge in [-0.05, 0) is 74.0 Å². The Morgan fingerprint density at radius 3 is 2.55 bits per heavy atom. The molecule has 0 radical (unpaired) electrons. The molecule has 0 fully saturated rings. The van der Waals surface area contributed by atoms with Gasteiger partial charge in [-0.25, -0.2) is 0 Å². The second kappa shape index (κ2) is 11.5. The molecule has 0 aliphatic rings. The van der Waals surface area contributed by atoms with E-state index in [1.165, 1.54) is 27.6 Å². The average Bonchev–Trinajstić information content (AvgIpc) is 3.24. The number of nitrogens with one attached hydrogen (secondary N) is 3. The number of rotatable bonds is 11. The van der Waals surface area contributed by atoms with Crippen LogP contribution in [0.2, 0.25) is 0 Å². The number of carbonyl (C=O) groups is 1. The molecule has 4 heteroatoms. The zero-order chi connectivity index (χ0) is 22.9. The fourth-order valence-corrected chi connectivity index (χ4v) is 4.24. The molecule has 1 heterocycles. The summed E-state index contributed by atoms with van der Waals surface area (Å²) in [5.41, 5.74) is 6.92. The Morgan fingerprint density at radius 1 is 0.848 bits per heavy atom. The van der Waals surface area contributed by atoms with E-state index in [4.69, 9.17) is 0 Å². The molecule has 170 valence electrons. The first-order valence-electron chi connectivity index (χ1n) is 11.9. The molecule has 1 amide bonds. The lowest BCUT2D eigenvalue weighted by molar-refractivity contribution is 0.0952. The molecule has 0 aliphatic carbocycles. The van der Waals surface area contributed by atoms with E-state index in [0.717, 1.165) is 43.4 Å². The fourth-order valence-electron chi connectivity index (χ4n) is 4.24. The number of aromatic amines is 1. The summed E-state index contributed by atoms with van der Waals surface area (Å²) in [6.45, 7) is 4.36. The summed E-state index contributed by atoms with van der Waals surface area (Å²) >= 11 is 0. The molecule has 1 aromatic heterocycles. The Labute approximate surface area is 196 Å². The number of hydrogen-bond acceptors (Lipinski definition) is 2. The van der Waals surface area contributed by atoms with Gasteiger partial charge in [-0.3, -0.25) is 4.79 Å². The van der Waals surface area contributed by atoms with Crippen LogP contribution in [0.3, 0.4) is 0 Å². The van der Waals surface area contributed by atoms with Crippen LogP contribution in [-0.2, 0) is 19.4 Å². The molecular formula is C29H33N3O. The van der Waals surface area contributed by atoms with E-state index in [0.29, 0.717) is 13.1 Å². The standard InChI is InChI=1S/C29H33N3O/c1-22-14-15-28-27(19-22)25(21-32-28)16-18-30-20-24-12-5-6-13-26(24)29(33)31-17-8-7-11-23-9-3-2-4-10-23/h2-6,9-10,12-15,19,21,30,32H,7-8,11,16-18,20H2,1H3,(H,31,33). The normalized spacial score (nSPS) is 11.1. The molecule has 3 aromatic carbocycles. The Kier molecular flexibility index (Phi) is 7.94. The van der Waals surface area contributed by atoms with Crippen molar-refractivity contribution < 1.29 is 4.79 Å². The first kappa shape index (κ1) is 22.8. The van der Waals surface area contributed by atoms with Crippen LogP contribution in [0, 0.1) is 6.92 Å². The molecule has 0 aliphatic heterocycles. The summed E-state index contributed by atoms with van der Waals surface area (Å²) in [6.07, 6.45) is 6.14. The third-order valence-corrected chi connectivity index (χ3v) is 6.09. The van der Waals surface area contributed by atoms with Crippen molar-refractivity contribution in [2.45, 2.75) is 39.2 Å². The van der Waals surface area contributed by atoms with Gasteiger partial charge in [0.05, 0.1) is 0 Å². The maximum Gasteiger partial charge on any atom is 0.251 e. The molecule has 4 aromatic rings. The summed E-state index contributed by atoms with van der Waals surface area (Å²) in [5, 5.41) is 7.90. The Hall–Kier alpha value is -3.37. The van der Waals surface area contributed by atoms with Gasteiger partial charge in [0, 0.05) is 35.8 Å². The molecular weight excluding hydrogens is 406 g/mol. The number of amides is 1. The largest absolute Gasteiger partial charge is 0.361 e. The zero-order valence-electron chi connectivity index (χ0n) is 19.4. The second-order valence-corrected chi connectivity index (χ2v) is 8.65. The Balaban J connectivity index is 1.23. The van der Waals surface area contributed by atoms with Gasteiger partial charge >= 0.3 is 0 Å². The lowest BCUT2D eigenvalue weighted by Crippen LogP contribution is -2.27. The maximum atomic E-state index is 12.8. The minimum atomic E-state index is 0.0132. The van der Waals surface area contributed by atoms with Crippen molar-refractivity contribution in [1.29, 1.82) is 0 Å². The van der Waals surface area contributed by atoms with Gasteiger partial charge in [-0.15, -0.1) is 0 Å². The lowest BCUT2D eigenvalue weighted by atomic mass is 10.1. The predicted molar refractivity (Wildman–Crippen MR) is 137 cm³/mol. The number of hydrogen-bond donors (Lipinski definition) is 3. The Bertz CT molecular complexity index is 1180. The highest BCUT2D eigenvalue weighted by molar-refractivity contribution is 5.95. The molecule has 4 nitrogen and oxygen atoms in total. The van der Waals surface area contributed by atoms with Gasteiger partial charge in [0.25, 0.3) is 5.91 Å². The van der Waals surface area contributed by atoms with Gasteiger partial charge in [0.2, 0.25) is 0 Å². The van der Waals surface area contributed by atoms with Gasteiger partial charge < -0.3 is 15.6 Å². The van der Waals surface area contributed by atoms with Crippen molar-refractivity contribution in [1.82, 2.24) is 15.6 Å². The van der Waals surface area contributed by atoms with Crippen LogP contribution in [0.5, 0.6) is 0 Å². The topological polar surface area (TPSA) is 56.9 Å². The summed E-state index contributed by atoms with van der Waals surface area (Å²) < 4.78 is 0. The fraction of sp³-hybridized carbons (Fsp3) is 0.276. The van der Waals surface area contributed by atoms with Crippen LogP contribution in [0.15, 0.2) is 79.0 Å². The molecule has 0 saturated heterocycles. The maximum absolute atomic E-state index is 12.8. The van der Waals surface area contributed by atoms with E-state index in [-0.39, 0.29) is 5.91 Å². The number of aryl methyl sites for hydroxylation is 2. The number of benzene rings is 3. The highest BCUT2D eigenvalue weighted by atomic mass is 16.1. The van der Waals surface area contributed by atoms with Crippen molar-refractivity contribution in [2.75, 3.05) is 13.1 Å². The van der Waals surface area contributed by atoms with Crippen LogP contribution < -0.4 is 10.6 Å². The summed E-state index contributed by atoms with van der Waals surface area (Å²) in [7, 11) is 0. The third kappa shape index (κ3) is 6.33. The third-order valence-electron chi connectivity index (χ3n) is 6.09. The number of unbranched alkanes of at least 4 members (excludes halogenated alkanes) is 1. The minimum absolute atomic E-state index is 0.0132. The van der Waals surface area contributed by atoms with Crippen molar-refractivity contribution >= 4 is 16.8 Å². The first-order valence-corrected chi connectivity index (χ1v) is 11.9. The second-order valence-electron chi connectivity index (χ2n) is 8.65. The molecule has 3 N–H and O–H groups in total. The number of carbonyl (C=O) groups excluding carboxylic acids is 1. The smallest absolute Gasteiger partial charge is 0.251 e. The molecule has 33 heavy (non-hydrogen) atoms. The van der Waals surface area contributed by atoms with Crippen LogP contribution >= 0.6 is 0 Å². The number of H-pyrrole nitrogens is 1. The van der Waals surface area contributed by atoms with Crippen LogP contribution in [0.4, 0.5) is 0 Å². The molecule has 0 saturated carbocycles. The van der Waals surface area contributed by atoms with E-state index in [1.807, 2.05) is 30.3 Å². The SMILES string of the molecule is Cc1ccc2[nH]cc(CCNCc3ccccc3C(=O)NCCCCc3ccccc3)c2c1. The van der Waals surface area contributed by atoms with Gasteiger partial charge in [-0.2, -0.15) is 0 Å². The van der Waals surface area contributed by atoms with Crippen LogP contribution in [0.1, 0.15) is 45.5 Å². The van der Waals surface area contributed by atoms with E-state index >= 15 is 0 Å². The van der Waals surface area contributed by atoms with Crippen molar-refractivity contribution in [3.63, 3.8) is 0 Å². The van der Waals surface area contributed by atoms with Crippen LogP contribution in [-0.4, -0.2) is 24.0 Å². The lowest BCUT2D eigenvalue weighted by Gasteiger charge is -2.11. The highest BCUT2D eigenvalue weighted by Crippen LogP contribution is 2.20. The molecule has 0 bridgehead atoms. The first-order chi connectivity index (χ1) is 16.2. The van der Waals surface area contributed by atoms with Gasteiger partial charge in [0.1, 0.15) is 0 Å². The average molecular weight is 440 g/mol. The minimum Gasteiger partial charge on any atom is -0.361 e. The molecule has 0 spiro atoms. The monoisotopic (exact) mass is 439 g/mol. The summed E-state index contributed by atoms with van der Waals surface area (Å²) in [4.78, 5) is 16.1. The number of fused-ring (bicyclic) bond motifs is 1. The quantitative estimate of drug-likeness (QED) is 0.268. The van der Waals surface area contributed by atoms with Gasteiger partial charge in [0.15, 0.2) is 0 Å². The zero-order valence-corrected chi connectivity index (χ0v) is 19.4. The molecule has 0 atom stereocenters. The van der Waals surface area contributed by atoms with Gasteiger partial charge in [-0.1, -0.05) is 60.2 Å². The molecule has 0 unspecified atom stereocenters. The summed E-state index contributed by atoms with van der Waals surface area (Å²) in [5.74, 6) is 0.0132. The highest BCUT2D eigenvalue weighted by Gasteiger charge is 2.10. The molecule has 4 rings (SSSR count). The van der Waals surface area contributed by atoms with E-state index < -0.39 is 0 Å². The van der Waals surface area contributed by atoms with E-state index in [1.54, 1.807) is 0 Å². The van der Waals surface area contributed by atoms with Crippen molar-refractivity contribution in [3.05, 3.63) is 107 Å². The van der Waals surface area contributed by atoms with Crippen molar-refractivity contribution in [2.24, 2.45) is 0 Å². The van der Waals surface area contributed by atoms with Crippen molar-refractivity contribution in [3.8, 4) is 0 Å². The predicted octanol–water partition coefficient (Wildman–Crippen LogP) is 5.56. The number of aromatic nitrogens is 1. The Morgan fingerprint density at radius 2 is 1.67 bits per heavy atom. The van der Waals surface area contributed by atoms with E-state index in [9.17, 15) is 4.79 Å². The summed E-state index contributed by atoms with van der Waals surface area (Å²) in [6, 6.07) is 24.9. The van der Waals surface area contributed by atoms with Crippen LogP contribution in [0.25, 0.3) is 10.9 Å².